The van der Waals surface area contributed by atoms with Crippen molar-refractivity contribution in [2.45, 2.75) is 25.3 Å². The Hall–Kier alpha value is -0.170. The second-order valence-electron chi connectivity index (χ2n) is 4.25. The molecule has 0 aliphatic carbocycles. The van der Waals surface area contributed by atoms with E-state index in [0.717, 1.165) is 26.1 Å². The lowest BCUT2D eigenvalue weighted by Gasteiger charge is -2.18. The lowest BCUT2D eigenvalue weighted by atomic mass is 9.98. The van der Waals surface area contributed by atoms with Gasteiger partial charge in [-0.15, -0.1) is 0 Å². The van der Waals surface area contributed by atoms with Crippen molar-refractivity contribution in [2.24, 2.45) is 11.8 Å². The normalized spacial score (nSPS) is 24.3. The van der Waals surface area contributed by atoms with Gasteiger partial charge < -0.3 is 4.74 Å². The molecule has 0 aromatic rings. The maximum atomic E-state index is 11.0. The smallest absolute Gasteiger partial charge is 0.147 e. The maximum absolute atomic E-state index is 11.0. The van der Waals surface area contributed by atoms with Crippen LogP contribution in [0.4, 0.5) is 0 Å². The molecule has 1 fully saturated rings. The van der Waals surface area contributed by atoms with Crippen molar-refractivity contribution in [3.63, 3.8) is 0 Å². The largest absolute Gasteiger partial charge is 0.381 e. The van der Waals surface area contributed by atoms with E-state index >= 15 is 0 Å². The number of hydrogen-bond acceptors (Lipinski definition) is 5. The van der Waals surface area contributed by atoms with Crippen molar-refractivity contribution in [3.05, 3.63) is 0 Å². The highest BCUT2D eigenvalue weighted by atomic mass is 32.2. The molecular weight excluding hydrogens is 216 g/mol. The molecule has 1 rings (SSSR count). The van der Waals surface area contributed by atoms with Crippen LogP contribution in [0.2, 0.25) is 0 Å². The first-order valence-electron chi connectivity index (χ1n) is 5.23. The summed E-state index contributed by atoms with van der Waals surface area (Å²) in [5, 5.41) is 0. The van der Waals surface area contributed by atoms with Gasteiger partial charge in [0.25, 0.3) is 0 Å². The number of nitrogens with one attached hydrogen (secondary N) is 1. The lowest BCUT2D eigenvalue weighted by Crippen LogP contribution is -2.38. The monoisotopic (exact) mass is 236 g/mol. The Morgan fingerprint density at radius 1 is 1.60 bits per heavy atom. The van der Waals surface area contributed by atoms with Gasteiger partial charge in [0.1, 0.15) is 9.84 Å². The summed E-state index contributed by atoms with van der Waals surface area (Å²) < 4.78 is 27.3. The van der Waals surface area contributed by atoms with Crippen molar-refractivity contribution in [3.8, 4) is 0 Å². The third-order valence-corrected chi connectivity index (χ3v) is 3.69. The van der Waals surface area contributed by atoms with E-state index in [1.54, 1.807) is 0 Å². The first-order chi connectivity index (χ1) is 7.01. The predicted molar refractivity (Wildman–Crippen MR) is 59.0 cm³/mol. The molecule has 1 heterocycles. The molecular formula is C9H20N2O3S. The summed E-state index contributed by atoms with van der Waals surface area (Å²) >= 11 is 0. The van der Waals surface area contributed by atoms with E-state index in [0.29, 0.717) is 12.3 Å². The molecule has 0 radical (unpaired) electrons. The third-order valence-electron chi connectivity index (χ3n) is 2.71. The van der Waals surface area contributed by atoms with Gasteiger partial charge >= 0.3 is 0 Å². The standard InChI is InChI=1S/C9H20N2O3S/c1-15(12,13)5-3-9(11-10)6-8-2-4-14-7-8/h8-9,11H,2-7,10H2,1H3. The Morgan fingerprint density at radius 2 is 2.33 bits per heavy atom. The minimum Gasteiger partial charge on any atom is -0.381 e. The van der Waals surface area contributed by atoms with Gasteiger partial charge in [0.05, 0.1) is 5.75 Å². The maximum Gasteiger partial charge on any atom is 0.147 e. The van der Waals surface area contributed by atoms with Crippen LogP contribution in [0.5, 0.6) is 0 Å². The molecule has 2 atom stereocenters. The molecule has 0 aromatic carbocycles. The molecule has 0 spiro atoms. The van der Waals surface area contributed by atoms with Gasteiger partial charge in [-0.3, -0.25) is 11.3 Å². The molecule has 0 saturated carbocycles. The van der Waals surface area contributed by atoms with Crippen LogP contribution in [-0.2, 0) is 14.6 Å². The highest BCUT2D eigenvalue weighted by Gasteiger charge is 2.20. The van der Waals surface area contributed by atoms with Crippen LogP contribution < -0.4 is 11.3 Å². The average Bonchev–Trinajstić information content (AvgIpc) is 2.63. The van der Waals surface area contributed by atoms with Crippen molar-refractivity contribution < 1.29 is 13.2 Å². The van der Waals surface area contributed by atoms with Crippen LogP contribution in [0.15, 0.2) is 0 Å². The number of sulfone groups is 1. The summed E-state index contributed by atoms with van der Waals surface area (Å²) in [7, 11) is -2.89. The fourth-order valence-corrected chi connectivity index (χ4v) is 2.51. The SMILES string of the molecule is CS(=O)(=O)CCC(CC1CCOC1)NN. The number of rotatable bonds is 6. The van der Waals surface area contributed by atoms with Crippen molar-refractivity contribution >= 4 is 9.84 Å². The second kappa shape index (κ2) is 5.79. The van der Waals surface area contributed by atoms with E-state index < -0.39 is 9.84 Å². The van der Waals surface area contributed by atoms with Gasteiger partial charge in [-0.1, -0.05) is 0 Å². The summed E-state index contributed by atoms with van der Waals surface area (Å²) in [4.78, 5) is 0. The second-order valence-corrected chi connectivity index (χ2v) is 6.51. The van der Waals surface area contributed by atoms with Crippen LogP contribution in [0.1, 0.15) is 19.3 Å². The molecule has 90 valence electrons. The van der Waals surface area contributed by atoms with E-state index in [1.165, 1.54) is 6.26 Å². The summed E-state index contributed by atoms with van der Waals surface area (Å²) in [5.74, 6) is 6.10. The van der Waals surface area contributed by atoms with Crippen LogP contribution >= 0.6 is 0 Å². The third kappa shape index (κ3) is 5.46. The Morgan fingerprint density at radius 3 is 2.80 bits per heavy atom. The number of ether oxygens (including phenoxy) is 1. The van der Waals surface area contributed by atoms with Crippen LogP contribution in [0, 0.1) is 5.92 Å². The first-order valence-corrected chi connectivity index (χ1v) is 7.29. The molecule has 15 heavy (non-hydrogen) atoms. The fraction of sp³-hybridized carbons (Fsp3) is 1.00. The Balaban J connectivity index is 2.28. The van der Waals surface area contributed by atoms with Gasteiger partial charge in [-0.25, -0.2) is 8.42 Å². The van der Waals surface area contributed by atoms with Crippen LogP contribution in [0.3, 0.4) is 0 Å². The number of hydrogen-bond donors (Lipinski definition) is 2. The molecule has 1 saturated heterocycles. The quantitative estimate of drug-likeness (QED) is 0.488. The zero-order valence-electron chi connectivity index (χ0n) is 9.11. The molecule has 0 amide bonds. The Kier molecular flexibility index (Phi) is 4.98. The van der Waals surface area contributed by atoms with Gasteiger partial charge in [0.2, 0.25) is 0 Å². The van der Waals surface area contributed by atoms with Crippen LogP contribution in [0.25, 0.3) is 0 Å². The first kappa shape index (κ1) is 12.9. The molecule has 5 nitrogen and oxygen atoms in total. The minimum atomic E-state index is -2.89. The summed E-state index contributed by atoms with van der Waals surface area (Å²) in [6.45, 7) is 1.59. The highest BCUT2D eigenvalue weighted by molar-refractivity contribution is 7.90. The van der Waals surface area contributed by atoms with Gasteiger partial charge in [-0.2, -0.15) is 0 Å². The van der Waals surface area contributed by atoms with E-state index in [2.05, 4.69) is 5.43 Å². The lowest BCUT2D eigenvalue weighted by molar-refractivity contribution is 0.181. The predicted octanol–water partition coefficient (Wildman–Crippen LogP) is -0.320. The molecule has 1 aliphatic rings. The zero-order chi connectivity index (χ0) is 11.3. The van der Waals surface area contributed by atoms with Gasteiger partial charge in [0.15, 0.2) is 0 Å². The van der Waals surface area contributed by atoms with E-state index in [1.807, 2.05) is 0 Å². The van der Waals surface area contributed by atoms with Crippen molar-refractivity contribution in [1.82, 2.24) is 5.43 Å². The molecule has 6 heteroatoms. The Labute approximate surface area is 91.3 Å². The minimum absolute atomic E-state index is 0.0754. The zero-order valence-corrected chi connectivity index (χ0v) is 9.92. The number of nitrogens with two attached hydrogens (primary N) is 1. The Bertz CT molecular complexity index is 273. The van der Waals surface area contributed by atoms with Crippen molar-refractivity contribution in [2.75, 3.05) is 25.2 Å². The van der Waals surface area contributed by atoms with E-state index in [9.17, 15) is 8.42 Å². The molecule has 3 N–H and O–H groups in total. The highest BCUT2D eigenvalue weighted by Crippen LogP contribution is 2.19. The summed E-state index contributed by atoms with van der Waals surface area (Å²) in [5.41, 5.74) is 2.68. The topological polar surface area (TPSA) is 81.4 Å². The van der Waals surface area contributed by atoms with Crippen molar-refractivity contribution in [1.29, 1.82) is 0 Å². The average molecular weight is 236 g/mol. The van der Waals surface area contributed by atoms with E-state index in [4.69, 9.17) is 10.6 Å². The molecule has 2 unspecified atom stereocenters. The molecule has 0 aromatic heterocycles. The van der Waals surface area contributed by atoms with Gasteiger partial charge in [-0.05, 0) is 25.2 Å². The molecule has 1 aliphatic heterocycles. The van der Waals surface area contributed by atoms with E-state index in [-0.39, 0.29) is 11.8 Å². The fourth-order valence-electron chi connectivity index (χ4n) is 1.80. The molecule has 0 bridgehead atoms. The number of hydrazine groups is 1. The summed E-state index contributed by atoms with van der Waals surface area (Å²) in [6.07, 6.45) is 3.77. The van der Waals surface area contributed by atoms with Crippen LogP contribution in [-0.4, -0.2) is 39.7 Å². The van der Waals surface area contributed by atoms with Gasteiger partial charge in [0, 0.05) is 25.5 Å². The summed E-state index contributed by atoms with van der Waals surface area (Å²) in [6, 6.07) is 0.0754.